The molecule has 0 aromatic carbocycles. The van der Waals surface area contributed by atoms with Gasteiger partial charge >= 0.3 is 0 Å². The first-order valence-corrected chi connectivity index (χ1v) is 7.85. The zero-order valence-electron chi connectivity index (χ0n) is 13.3. The van der Waals surface area contributed by atoms with Crippen LogP contribution >= 0.6 is 0 Å². The summed E-state index contributed by atoms with van der Waals surface area (Å²) < 4.78 is 5.71. The first-order valence-electron chi connectivity index (χ1n) is 7.85. The number of likely N-dealkylation sites (N-methyl/N-ethyl adjacent to an activating group) is 1. The highest BCUT2D eigenvalue weighted by Crippen LogP contribution is 2.15. The lowest BCUT2D eigenvalue weighted by molar-refractivity contribution is 0.0826. The summed E-state index contributed by atoms with van der Waals surface area (Å²) in [5.74, 6) is 0. The first-order chi connectivity index (χ1) is 9.13. The molecule has 114 valence electrons. The molecule has 1 fully saturated rings. The largest absolute Gasteiger partial charge is 0.377 e. The Kier molecular flexibility index (Phi) is 8.62. The Morgan fingerprint density at radius 2 is 2.05 bits per heavy atom. The second-order valence-corrected chi connectivity index (χ2v) is 5.89. The van der Waals surface area contributed by atoms with Crippen molar-refractivity contribution in [2.45, 2.75) is 45.3 Å². The van der Waals surface area contributed by atoms with E-state index in [-0.39, 0.29) is 0 Å². The SMILES string of the molecule is CCN(CCCN(C)C)CCNC(C)C1CCCO1. The van der Waals surface area contributed by atoms with Gasteiger partial charge in [-0.15, -0.1) is 0 Å². The summed E-state index contributed by atoms with van der Waals surface area (Å²) in [4.78, 5) is 4.78. The monoisotopic (exact) mass is 271 g/mol. The normalized spacial score (nSPS) is 21.5. The van der Waals surface area contributed by atoms with Crippen LogP contribution in [-0.2, 0) is 4.74 Å². The minimum absolute atomic E-state index is 0.434. The molecule has 0 bridgehead atoms. The molecular formula is C15H33N3O. The van der Waals surface area contributed by atoms with Crippen LogP contribution in [0.5, 0.6) is 0 Å². The number of nitrogens with zero attached hydrogens (tertiary/aromatic N) is 2. The van der Waals surface area contributed by atoms with Crippen LogP contribution in [-0.4, -0.2) is 75.4 Å². The van der Waals surface area contributed by atoms with Gasteiger partial charge in [-0.05, 0) is 59.9 Å². The summed E-state index contributed by atoms with van der Waals surface area (Å²) >= 11 is 0. The van der Waals surface area contributed by atoms with E-state index in [1.807, 2.05) is 0 Å². The minimum Gasteiger partial charge on any atom is -0.377 e. The molecule has 0 aliphatic carbocycles. The number of nitrogens with one attached hydrogen (secondary N) is 1. The van der Waals surface area contributed by atoms with Crippen molar-refractivity contribution in [2.24, 2.45) is 0 Å². The van der Waals surface area contributed by atoms with Crippen LogP contribution in [0.3, 0.4) is 0 Å². The van der Waals surface area contributed by atoms with Crippen LogP contribution < -0.4 is 5.32 Å². The molecule has 4 nitrogen and oxygen atoms in total. The highest BCUT2D eigenvalue weighted by molar-refractivity contribution is 4.77. The van der Waals surface area contributed by atoms with Gasteiger partial charge in [-0.25, -0.2) is 0 Å². The summed E-state index contributed by atoms with van der Waals surface area (Å²) in [6.07, 6.45) is 4.13. The molecule has 0 spiro atoms. The van der Waals surface area contributed by atoms with Crippen LogP contribution in [0.2, 0.25) is 0 Å². The van der Waals surface area contributed by atoms with Gasteiger partial charge in [0.1, 0.15) is 0 Å². The Balaban J connectivity index is 2.07. The molecular weight excluding hydrogens is 238 g/mol. The van der Waals surface area contributed by atoms with Crippen LogP contribution in [0.15, 0.2) is 0 Å². The topological polar surface area (TPSA) is 27.7 Å². The third-order valence-corrected chi connectivity index (χ3v) is 3.94. The zero-order chi connectivity index (χ0) is 14.1. The molecule has 1 heterocycles. The van der Waals surface area contributed by atoms with Gasteiger partial charge in [0, 0.05) is 25.7 Å². The van der Waals surface area contributed by atoms with E-state index < -0.39 is 0 Å². The van der Waals surface area contributed by atoms with E-state index in [2.05, 4.69) is 43.1 Å². The summed E-state index contributed by atoms with van der Waals surface area (Å²) in [6.45, 7) is 11.2. The molecule has 4 heteroatoms. The van der Waals surface area contributed by atoms with Crippen molar-refractivity contribution in [3.63, 3.8) is 0 Å². The number of hydrogen-bond acceptors (Lipinski definition) is 4. The molecule has 1 aliphatic heterocycles. The molecule has 0 aromatic heterocycles. The van der Waals surface area contributed by atoms with Crippen molar-refractivity contribution in [3.05, 3.63) is 0 Å². The Labute approximate surface area is 119 Å². The van der Waals surface area contributed by atoms with E-state index in [4.69, 9.17) is 4.74 Å². The average Bonchev–Trinajstić information content (AvgIpc) is 2.90. The average molecular weight is 271 g/mol. The molecule has 2 atom stereocenters. The maximum atomic E-state index is 5.71. The number of rotatable bonds is 10. The van der Waals surface area contributed by atoms with E-state index >= 15 is 0 Å². The van der Waals surface area contributed by atoms with Crippen LogP contribution in [0, 0.1) is 0 Å². The third kappa shape index (κ3) is 7.25. The Hall–Kier alpha value is -0.160. The van der Waals surface area contributed by atoms with Gasteiger partial charge in [-0.2, -0.15) is 0 Å². The highest BCUT2D eigenvalue weighted by Gasteiger charge is 2.21. The first kappa shape index (κ1) is 16.9. The van der Waals surface area contributed by atoms with Crippen molar-refractivity contribution < 1.29 is 4.74 Å². The fourth-order valence-electron chi connectivity index (χ4n) is 2.62. The molecule has 2 unspecified atom stereocenters. The van der Waals surface area contributed by atoms with E-state index in [1.54, 1.807) is 0 Å². The Morgan fingerprint density at radius 3 is 2.63 bits per heavy atom. The van der Waals surface area contributed by atoms with E-state index in [0.29, 0.717) is 12.1 Å². The lowest BCUT2D eigenvalue weighted by Crippen LogP contribution is -2.41. The van der Waals surface area contributed by atoms with Gasteiger partial charge in [0.25, 0.3) is 0 Å². The smallest absolute Gasteiger partial charge is 0.0726 e. The van der Waals surface area contributed by atoms with Crippen molar-refractivity contribution in [3.8, 4) is 0 Å². The maximum Gasteiger partial charge on any atom is 0.0726 e. The second-order valence-electron chi connectivity index (χ2n) is 5.89. The number of ether oxygens (including phenoxy) is 1. The summed E-state index contributed by atoms with van der Waals surface area (Å²) in [5.41, 5.74) is 0. The number of hydrogen-bond donors (Lipinski definition) is 1. The van der Waals surface area contributed by atoms with E-state index in [1.165, 1.54) is 32.4 Å². The Bertz CT molecular complexity index is 217. The van der Waals surface area contributed by atoms with Gasteiger partial charge in [-0.3, -0.25) is 0 Å². The summed E-state index contributed by atoms with van der Waals surface area (Å²) in [7, 11) is 4.28. The van der Waals surface area contributed by atoms with Crippen LogP contribution in [0.4, 0.5) is 0 Å². The molecule has 0 saturated carbocycles. The van der Waals surface area contributed by atoms with Crippen molar-refractivity contribution in [1.82, 2.24) is 15.1 Å². The second kappa shape index (κ2) is 9.70. The van der Waals surface area contributed by atoms with Gasteiger partial charge in [0.15, 0.2) is 0 Å². The van der Waals surface area contributed by atoms with Crippen molar-refractivity contribution in [2.75, 3.05) is 53.4 Å². The van der Waals surface area contributed by atoms with E-state index in [9.17, 15) is 0 Å². The molecule has 1 saturated heterocycles. The third-order valence-electron chi connectivity index (χ3n) is 3.94. The van der Waals surface area contributed by atoms with Gasteiger partial charge in [0.05, 0.1) is 6.10 Å². The fourth-order valence-corrected chi connectivity index (χ4v) is 2.62. The minimum atomic E-state index is 0.434. The summed E-state index contributed by atoms with van der Waals surface area (Å²) in [6, 6.07) is 0.489. The lowest BCUT2D eigenvalue weighted by atomic mass is 10.1. The molecule has 0 amide bonds. The summed E-state index contributed by atoms with van der Waals surface area (Å²) in [5, 5.41) is 3.61. The quantitative estimate of drug-likeness (QED) is 0.650. The molecule has 0 aromatic rings. The van der Waals surface area contributed by atoms with Crippen LogP contribution in [0.1, 0.15) is 33.1 Å². The predicted molar refractivity (Wildman–Crippen MR) is 81.7 cm³/mol. The lowest BCUT2D eigenvalue weighted by Gasteiger charge is -2.24. The molecule has 19 heavy (non-hydrogen) atoms. The predicted octanol–water partition coefficient (Wildman–Crippen LogP) is 1.42. The standard InChI is InChI=1S/C15H33N3O/c1-5-18(11-7-10-17(3)4)12-9-16-14(2)15-8-6-13-19-15/h14-16H,5-13H2,1-4H3. The maximum absolute atomic E-state index is 5.71. The van der Waals surface area contributed by atoms with Crippen molar-refractivity contribution >= 4 is 0 Å². The molecule has 0 radical (unpaired) electrons. The van der Waals surface area contributed by atoms with E-state index in [0.717, 1.165) is 26.2 Å². The molecule has 1 rings (SSSR count). The van der Waals surface area contributed by atoms with Gasteiger partial charge < -0.3 is 19.9 Å². The zero-order valence-corrected chi connectivity index (χ0v) is 13.3. The van der Waals surface area contributed by atoms with Crippen LogP contribution in [0.25, 0.3) is 0 Å². The fraction of sp³-hybridized carbons (Fsp3) is 1.00. The van der Waals surface area contributed by atoms with Crippen molar-refractivity contribution in [1.29, 1.82) is 0 Å². The van der Waals surface area contributed by atoms with Gasteiger partial charge in [0.2, 0.25) is 0 Å². The highest BCUT2D eigenvalue weighted by atomic mass is 16.5. The van der Waals surface area contributed by atoms with Gasteiger partial charge in [-0.1, -0.05) is 6.92 Å². The Morgan fingerprint density at radius 1 is 1.26 bits per heavy atom. The molecule has 1 aliphatic rings. The molecule has 1 N–H and O–H groups in total.